The zero-order valence-electron chi connectivity index (χ0n) is 13.5. The Bertz CT molecular complexity index is 796. The Labute approximate surface area is 143 Å². The highest BCUT2D eigenvalue weighted by Crippen LogP contribution is 2.23. The second-order valence-corrected chi connectivity index (χ2v) is 6.27. The van der Waals surface area contributed by atoms with Gasteiger partial charge in [0.15, 0.2) is 0 Å². The number of nitrogens with one attached hydrogen (secondary N) is 2. The average molecular weight is 317 g/mol. The second kappa shape index (κ2) is 6.79. The van der Waals surface area contributed by atoms with Gasteiger partial charge in [0, 0.05) is 24.7 Å². The van der Waals surface area contributed by atoms with Gasteiger partial charge in [-0.25, -0.2) is 4.98 Å². The van der Waals surface area contributed by atoms with Crippen molar-refractivity contribution in [3.05, 3.63) is 54.3 Å². The first-order valence-electron chi connectivity index (χ1n) is 8.42. The summed E-state index contributed by atoms with van der Waals surface area (Å²) in [7, 11) is 5.98. The third-order valence-electron chi connectivity index (χ3n) is 4.60. The first-order valence-corrected chi connectivity index (χ1v) is 8.42. The van der Waals surface area contributed by atoms with Crippen LogP contribution >= 0.6 is 0 Å². The molecule has 4 nitrogen and oxygen atoms in total. The summed E-state index contributed by atoms with van der Waals surface area (Å²) in [6, 6.07) is 9.78. The Morgan fingerprint density at radius 1 is 1.25 bits per heavy atom. The summed E-state index contributed by atoms with van der Waals surface area (Å²) in [5, 5.41) is 7.76. The van der Waals surface area contributed by atoms with Crippen LogP contribution < -0.4 is 16.1 Å². The van der Waals surface area contributed by atoms with Crippen molar-refractivity contribution in [3.63, 3.8) is 0 Å². The predicted octanol–water partition coefficient (Wildman–Crippen LogP) is 1.89. The summed E-state index contributed by atoms with van der Waals surface area (Å²) in [6.07, 6.45) is 7.82. The van der Waals surface area contributed by atoms with Gasteiger partial charge in [-0.05, 0) is 36.1 Å². The summed E-state index contributed by atoms with van der Waals surface area (Å²) >= 11 is 0. The number of nitrogens with zero attached hydrogens (tertiary/aromatic N) is 1. The van der Waals surface area contributed by atoms with E-state index in [-0.39, 0.29) is 6.10 Å². The fourth-order valence-corrected chi connectivity index (χ4v) is 3.26. The molecule has 120 valence electrons. The van der Waals surface area contributed by atoms with Gasteiger partial charge < -0.3 is 15.4 Å². The number of rotatable bonds is 3. The van der Waals surface area contributed by atoms with E-state index < -0.39 is 0 Å². The largest absolute Gasteiger partial charge is 0.375 e. The molecule has 5 heteroatoms. The minimum atomic E-state index is 0.273. The van der Waals surface area contributed by atoms with Crippen LogP contribution in [-0.4, -0.2) is 38.6 Å². The summed E-state index contributed by atoms with van der Waals surface area (Å²) in [4.78, 5) is 4.64. The first kappa shape index (κ1) is 15.4. The van der Waals surface area contributed by atoms with Crippen molar-refractivity contribution in [2.45, 2.75) is 12.5 Å². The molecule has 2 heterocycles. The van der Waals surface area contributed by atoms with E-state index in [1.165, 1.54) is 0 Å². The predicted molar refractivity (Wildman–Crippen MR) is 98.7 cm³/mol. The van der Waals surface area contributed by atoms with E-state index in [1.807, 2.05) is 30.3 Å². The molecule has 1 aliphatic carbocycles. The van der Waals surface area contributed by atoms with E-state index in [2.05, 4.69) is 33.8 Å². The lowest BCUT2D eigenvalue weighted by Gasteiger charge is -2.30. The van der Waals surface area contributed by atoms with E-state index in [1.54, 1.807) is 0 Å². The van der Waals surface area contributed by atoms with Crippen LogP contribution in [0.2, 0.25) is 0 Å². The van der Waals surface area contributed by atoms with E-state index in [9.17, 15) is 0 Å². The van der Waals surface area contributed by atoms with Gasteiger partial charge in [-0.2, -0.15) is 0 Å². The van der Waals surface area contributed by atoms with Crippen molar-refractivity contribution in [2.24, 2.45) is 5.92 Å². The molecular weight excluding hydrogens is 297 g/mol. The Morgan fingerprint density at radius 3 is 3.00 bits per heavy atom. The summed E-state index contributed by atoms with van der Waals surface area (Å²) in [6.45, 7) is 2.68. The third-order valence-corrected chi connectivity index (χ3v) is 4.60. The molecule has 2 N–H and O–H groups in total. The normalized spacial score (nSPS) is 23.9. The van der Waals surface area contributed by atoms with Crippen LogP contribution in [0.1, 0.15) is 6.42 Å². The van der Waals surface area contributed by atoms with Crippen molar-refractivity contribution in [3.8, 4) is 0 Å². The Morgan fingerprint density at radius 2 is 2.21 bits per heavy atom. The summed E-state index contributed by atoms with van der Waals surface area (Å²) < 4.78 is 5.84. The lowest BCUT2D eigenvalue weighted by molar-refractivity contribution is 0.00355. The Balaban J connectivity index is 1.44. The van der Waals surface area contributed by atoms with Crippen molar-refractivity contribution in [1.82, 2.24) is 10.3 Å². The maximum atomic E-state index is 5.98. The zero-order chi connectivity index (χ0) is 16.4. The quantitative estimate of drug-likeness (QED) is 0.849. The van der Waals surface area contributed by atoms with Gasteiger partial charge in [0.25, 0.3) is 0 Å². The molecule has 2 atom stereocenters. The molecule has 0 spiro atoms. The number of fused-ring (bicyclic) bond motifs is 1. The van der Waals surface area contributed by atoms with Crippen LogP contribution in [0.3, 0.4) is 0 Å². The average Bonchev–Trinajstić information content (AvgIpc) is 2.63. The molecule has 4 rings (SSSR count). The fraction of sp³-hybridized carbons (Fsp3) is 0.316. The number of allylic oxidation sites excluding steroid dienone is 2. The van der Waals surface area contributed by atoms with E-state index in [0.29, 0.717) is 5.92 Å². The highest BCUT2D eigenvalue weighted by Gasteiger charge is 2.23. The third kappa shape index (κ3) is 3.23. The van der Waals surface area contributed by atoms with Gasteiger partial charge in [0.2, 0.25) is 0 Å². The van der Waals surface area contributed by atoms with Gasteiger partial charge in [0.1, 0.15) is 13.7 Å². The number of aromatic nitrogens is 1. The lowest BCUT2D eigenvalue weighted by Crippen LogP contribution is -2.42. The van der Waals surface area contributed by atoms with Crippen LogP contribution in [0, 0.1) is 5.92 Å². The molecule has 2 aromatic rings. The van der Waals surface area contributed by atoms with Crippen molar-refractivity contribution in [1.29, 1.82) is 0 Å². The highest BCUT2D eigenvalue weighted by atomic mass is 16.5. The SMILES string of the molecule is [B]c1cccc2nc(NC3=CCC([C@H]4CNCCO4)C=C3)ccc12. The molecule has 0 amide bonds. The van der Waals surface area contributed by atoms with Crippen LogP contribution in [0.5, 0.6) is 0 Å². The summed E-state index contributed by atoms with van der Waals surface area (Å²) in [5.41, 5.74) is 2.73. The van der Waals surface area contributed by atoms with Crippen LogP contribution in [0.4, 0.5) is 5.82 Å². The van der Waals surface area contributed by atoms with Crippen LogP contribution in [0.25, 0.3) is 10.9 Å². The minimum Gasteiger partial charge on any atom is -0.375 e. The molecule has 1 fully saturated rings. The maximum absolute atomic E-state index is 5.98. The fourth-order valence-electron chi connectivity index (χ4n) is 3.26. The molecule has 1 aromatic heterocycles. The van der Waals surface area contributed by atoms with Gasteiger partial charge >= 0.3 is 0 Å². The molecule has 1 aromatic carbocycles. The van der Waals surface area contributed by atoms with E-state index in [0.717, 1.165) is 54.0 Å². The van der Waals surface area contributed by atoms with E-state index >= 15 is 0 Å². The Kier molecular flexibility index (Phi) is 4.37. The number of pyridine rings is 1. The molecule has 2 aliphatic rings. The van der Waals surface area contributed by atoms with Gasteiger partial charge in [0.05, 0.1) is 18.2 Å². The number of ether oxygens (including phenoxy) is 1. The summed E-state index contributed by atoms with van der Waals surface area (Å²) in [5.74, 6) is 1.27. The van der Waals surface area contributed by atoms with Crippen LogP contribution in [-0.2, 0) is 4.74 Å². The van der Waals surface area contributed by atoms with Crippen LogP contribution in [0.15, 0.2) is 54.3 Å². The number of benzene rings is 1. The van der Waals surface area contributed by atoms with Crippen molar-refractivity contribution < 1.29 is 4.74 Å². The lowest BCUT2D eigenvalue weighted by atomic mass is 9.92. The highest BCUT2D eigenvalue weighted by molar-refractivity contribution is 6.38. The Hall–Kier alpha value is -2.11. The number of hydrogen-bond donors (Lipinski definition) is 2. The van der Waals surface area contributed by atoms with Gasteiger partial charge in [-0.1, -0.05) is 29.7 Å². The smallest absolute Gasteiger partial charge is 0.131 e. The number of anilines is 1. The number of morpholine rings is 1. The molecule has 2 radical (unpaired) electrons. The topological polar surface area (TPSA) is 46.2 Å². The van der Waals surface area contributed by atoms with Crippen molar-refractivity contribution >= 4 is 30.0 Å². The van der Waals surface area contributed by atoms with Gasteiger partial charge in [-0.15, -0.1) is 0 Å². The molecule has 1 unspecified atom stereocenters. The second-order valence-electron chi connectivity index (χ2n) is 6.27. The maximum Gasteiger partial charge on any atom is 0.131 e. The monoisotopic (exact) mass is 317 g/mol. The number of hydrogen-bond acceptors (Lipinski definition) is 4. The van der Waals surface area contributed by atoms with E-state index in [4.69, 9.17) is 12.6 Å². The molecule has 0 bridgehead atoms. The molecule has 1 aliphatic heterocycles. The molecular formula is C19H20BN3O. The van der Waals surface area contributed by atoms with Crippen molar-refractivity contribution in [2.75, 3.05) is 25.0 Å². The first-order chi connectivity index (χ1) is 11.8. The standard InChI is InChI=1S/C19H20BN3O/c20-16-2-1-3-17-15(16)8-9-19(23-17)22-14-6-4-13(5-7-14)18-12-21-10-11-24-18/h1-4,6-9,13,18,21H,5,10-12H2,(H,22,23)/t13?,18-/m1/s1. The molecule has 1 saturated heterocycles. The molecule has 0 saturated carbocycles. The molecule has 24 heavy (non-hydrogen) atoms. The minimum absolute atomic E-state index is 0.273. The van der Waals surface area contributed by atoms with Gasteiger partial charge in [-0.3, -0.25) is 0 Å². The zero-order valence-corrected chi connectivity index (χ0v) is 13.5.